The Hall–Kier alpha value is -0.860. The minimum absolute atomic E-state index is 0.490. The maximum atomic E-state index is 9.93. The molecule has 1 aromatic carbocycles. The van der Waals surface area contributed by atoms with E-state index in [1.165, 1.54) is 5.56 Å². The Kier molecular flexibility index (Phi) is 2.57. The normalized spacial score (nSPS) is 18.1. The van der Waals surface area contributed by atoms with Crippen LogP contribution in [0.4, 0.5) is 0 Å². The van der Waals surface area contributed by atoms with Crippen LogP contribution in [0, 0.1) is 0 Å². The smallest absolute Gasteiger partial charge is 0.0899 e. The van der Waals surface area contributed by atoms with Gasteiger partial charge in [-0.2, -0.15) is 0 Å². The maximum absolute atomic E-state index is 9.93. The molecule has 0 unspecified atom stereocenters. The van der Waals surface area contributed by atoms with Gasteiger partial charge in [-0.1, -0.05) is 24.3 Å². The van der Waals surface area contributed by atoms with Gasteiger partial charge in [0.25, 0.3) is 0 Å². The summed E-state index contributed by atoms with van der Waals surface area (Å²) in [6, 6.07) is 8.31. The summed E-state index contributed by atoms with van der Waals surface area (Å²) in [6.07, 6.45) is 2.87. The molecule has 1 aliphatic rings. The van der Waals surface area contributed by atoms with Crippen molar-refractivity contribution in [2.75, 3.05) is 13.6 Å². The molecule has 1 aromatic rings. The summed E-state index contributed by atoms with van der Waals surface area (Å²) in [5, 5.41) is 13.1. The Morgan fingerprint density at radius 3 is 2.86 bits per heavy atom. The molecule has 0 radical (unpaired) electrons. The van der Waals surface area contributed by atoms with E-state index in [0.717, 1.165) is 31.4 Å². The summed E-state index contributed by atoms with van der Waals surface area (Å²) in [6.45, 7) is 0.988. The lowest BCUT2D eigenvalue weighted by atomic mass is 10.0. The number of aliphatic hydroxyl groups is 1. The Morgan fingerprint density at radius 1 is 1.43 bits per heavy atom. The average Bonchev–Trinajstić information content (AvgIpc) is 2.95. The standard InChI is InChI=1S/C12H17NO/c1-13-8-5-10-3-2-4-11(9-10)12(14)6-7-12/h2-4,9,13-14H,5-8H2,1H3. The number of hydrogen-bond acceptors (Lipinski definition) is 2. The first-order valence-corrected chi connectivity index (χ1v) is 5.21. The molecule has 0 heterocycles. The molecule has 0 aromatic heterocycles. The fourth-order valence-corrected chi connectivity index (χ4v) is 1.69. The van der Waals surface area contributed by atoms with Crippen LogP contribution in [-0.2, 0) is 12.0 Å². The third-order valence-electron chi connectivity index (χ3n) is 2.85. The van der Waals surface area contributed by atoms with Gasteiger partial charge in [-0.05, 0) is 44.0 Å². The van der Waals surface area contributed by atoms with Crippen molar-refractivity contribution >= 4 is 0 Å². The number of likely N-dealkylation sites (N-methyl/N-ethyl adjacent to an activating group) is 1. The van der Waals surface area contributed by atoms with Gasteiger partial charge in [0.2, 0.25) is 0 Å². The summed E-state index contributed by atoms with van der Waals surface area (Å²) < 4.78 is 0. The first-order valence-electron chi connectivity index (χ1n) is 5.21. The third kappa shape index (κ3) is 1.97. The summed E-state index contributed by atoms with van der Waals surface area (Å²) in [5.74, 6) is 0. The van der Waals surface area contributed by atoms with E-state index in [0.29, 0.717) is 0 Å². The number of nitrogens with one attached hydrogen (secondary N) is 1. The van der Waals surface area contributed by atoms with E-state index in [2.05, 4.69) is 17.4 Å². The summed E-state index contributed by atoms with van der Waals surface area (Å²) in [7, 11) is 1.96. The fraction of sp³-hybridized carbons (Fsp3) is 0.500. The molecule has 14 heavy (non-hydrogen) atoms. The second-order valence-electron chi connectivity index (χ2n) is 4.09. The van der Waals surface area contributed by atoms with Crippen molar-refractivity contribution in [3.8, 4) is 0 Å². The third-order valence-corrected chi connectivity index (χ3v) is 2.85. The zero-order valence-corrected chi connectivity index (χ0v) is 8.59. The molecule has 2 heteroatoms. The molecule has 2 N–H and O–H groups in total. The molecular formula is C12H17NO. The van der Waals surface area contributed by atoms with E-state index in [1.54, 1.807) is 0 Å². The van der Waals surface area contributed by atoms with Gasteiger partial charge < -0.3 is 10.4 Å². The van der Waals surface area contributed by atoms with Crippen LogP contribution >= 0.6 is 0 Å². The molecule has 0 bridgehead atoms. The quantitative estimate of drug-likeness (QED) is 0.754. The Balaban J connectivity index is 2.11. The average molecular weight is 191 g/mol. The highest BCUT2D eigenvalue weighted by atomic mass is 16.3. The summed E-state index contributed by atoms with van der Waals surface area (Å²) in [4.78, 5) is 0. The van der Waals surface area contributed by atoms with Crippen molar-refractivity contribution < 1.29 is 5.11 Å². The SMILES string of the molecule is CNCCc1cccc(C2(O)CC2)c1. The molecule has 0 saturated heterocycles. The summed E-state index contributed by atoms with van der Waals surface area (Å²) in [5.41, 5.74) is 1.90. The molecule has 1 aliphatic carbocycles. The first-order chi connectivity index (χ1) is 6.74. The van der Waals surface area contributed by atoms with Gasteiger partial charge in [0.15, 0.2) is 0 Å². The van der Waals surface area contributed by atoms with Crippen LogP contribution in [-0.4, -0.2) is 18.7 Å². The Bertz CT molecular complexity index is 318. The highest BCUT2D eigenvalue weighted by Gasteiger charge is 2.41. The van der Waals surface area contributed by atoms with Crippen molar-refractivity contribution in [1.82, 2.24) is 5.32 Å². The lowest BCUT2D eigenvalue weighted by molar-refractivity contribution is 0.151. The van der Waals surface area contributed by atoms with Crippen LogP contribution in [0.25, 0.3) is 0 Å². The predicted molar refractivity (Wildman–Crippen MR) is 57.2 cm³/mol. The highest BCUT2D eigenvalue weighted by Crippen LogP contribution is 2.45. The molecule has 0 aliphatic heterocycles. The summed E-state index contributed by atoms with van der Waals surface area (Å²) >= 11 is 0. The van der Waals surface area contributed by atoms with Gasteiger partial charge in [-0.15, -0.1) is 0 Å². The topological polar surface area (TPSA) is 32.3 Å². The van der Waals surface area contributed by atoms with E-state index in [9.17, 15) is 5.11 Å². The minimum atomic E-state index is -0.490. The second-order valence-corrected chi connectivity index (χ2v) is 4.09. The van der Waals surface area contributed by atoms with Crippen LogP contribution in [0.1, 0.15) is 24.0 Å². The lowest BCUT2D eigenvalue weighted by Gasteiger charge is -2.09. The molecule has 1 fully saturated rings. The van der Waals surface area contributed by atoms with Crippen LogP contribution in [0.2, 0.25) is 0 Å². The molecule has 76 valence electrons. The van der Waals surface area contributed by atoms with E-state index >= 15 is 0 Å². The van der Waals surface area contributed by atoms with Crippen molar-refractivity contribution in [1.29, 1.82) is 0 Å². The van der Waals surface area contributed by atoms with Gasteiger partial charge in [-0.3, -0.25) is 0 Å². The van der Waals surface area contributed by atoms with E-state index < -0.39 is 5.60 Å². The number of rotatable bonds is 4. The largest absolute Gasteiger partial charge is 0.385 e. The van der Waals surface area contributed by atoms with E-state index in [1.807, 2.05) is 19.2 Å². The van der Waals surface area contributed by atoms with Crippen molar-refractivity contribution in [2.45, 2.75) is 24.9 Å². The van der Waals surface area contributed by atoms with Crippen LogP contribution in [0.5, 0.6) is 0 Å². The van der Waals surface area contributed by atoms with Crippen LogP contribution in [0.15, 0.2) is 24.3 Å². The van der Waals surface area contributed by atoms with Crippen LogP contribution in [0.3, 0.4) is 0 Å². The maximum Gasteiger partial charge on any atom is 0.0899 e. The molecular weight excluding hydrogens is 174 g/mol. The first kappa shape index (κ1) is 9.69. The predicted octanol–water partition coefficient (Wildman–Crippen LogP) is 1.43. The van der Waals surface area contributed by atoms with Crippen molar-refractivity contribution in [3.05, 3.63) is 35.4 Å². The fourth-order valence-electron chi connectivity index (χ4n) is 1.69. The molecule has 0 amide bonds. The van der Waals surface area contributed by atoms with Gasteiger partial charge in [0.05, 0.1) is 5.60 Å². The van der Waals surface area contributed by atoms with Crippen molar-refractivity contribution in [2.24, 2.45) is 0 Å². The minimum Gasteiger partial charge on any atom is -0.385 e. The molecule has 1 saturated carbocycles. The van der Waals surface area contributed by atoms with E-state index in [-0.39, 0.29) is 0 Å². The second kappa shape index (κ2) is 3.71. The van der Waals surface area contributed by atoms with Crippen molar-refractivity contribution in [3.63, 3.8) is 0 Å². The molecule has 2 rings (SSSR count). The van der Waals surface area contributed by atoms with E-state index in [4.69, 9.17) is 0 Å². The lowest BCUT2D eigenvalue weighted by Crippen LogP contribution is -2.11. The van der Waals surface area contributed by atoms with Crippen LogP contribution < -0.4 is 5.32 Å². The highest BCUT2D eigenvalue weighted by molar-refractivity contribution is 5.31. The Morgan fingerprint density at radius 2 is 2.21 bits per heavy atom. The molecule has 0 atom stereocenters. The number of benzene rings is 1. The molecule has 2 nitrogen and oxygen atoms in total. The Labute approximate surface area is 85.0 Å². The van der Waals surface area contributed by atoms with Gasteiger partial charge >= 0.3 is 0 Å². The van der Waals surface area contributed by atoms with Gasteiger partial charge in [0, 0.05) is 0 Å². The zero-order valence-electron chi connectivity index (χ0n) is 8.59. The molecule has 0 spiro atoms. The van der Waals surface area contributed by atoms with Gasteiger partial charge in [-0.25, -0.2) is 0 Å². The van der Waals surface area contributed by atoms with Gasteiger partial charge in [0.1, 0.15) is 0 Å². The number of hydrogen-bond donors (Lipinski definition) is 2. The zero-order chi connectivity index (χ0) is 10.0. The monoisotopic (exact) mass is 191 g/mol.